The third-order valence-corrected chi connectivity index (χ3v) is 4.15. The first-order chi connectivity index (χ1) is 12.6. The van der Waals surface area contributed by atoms with Crippen LogP contribution in [0.3, 0.4) is 0 Å². The average molecular weight is 358 g/mol. The van der Waals surface area contributed by atoms with Crippen LogP contribution in [-0.2, 0) is 6.54 Å². The van der Waals surface area contributed by atoms with E-state index >= 15 is 0 Å². The minimum Gasteiger partial charge on any atom is -0.357 e. The number of hydrogen-bond acceptors (Lipinski definition) is 3. The molecule has 0 heterocycles. The molecule has 2 rings (SSSR count). The molecule has 3 N–H and O–H groups in total. The van der Waals surface area contributed by atoms with Gasteiger partial charge < -0.3 is 20.9 Å². The van der Waals surface area contributed by atoms with Crippen molar-refractivity contribution >= 4 is 11.9 Å². The topological polar surface area (TPSA) is 68.8 Å². The summed E-state index contributed by atoms with van der Waals surface area (Å²) in [6.45, 7) is 4.87. The molecule has 0 spiro atoms. The molecule has 1 amide bonds. The Labute approximate surface area is 156 Å². The third-order valence-electron chi connectivity index (χ3n) is 4.15. The summed E-state index contributed by atoms with van der Waals surface area (Å²) in [6, 6.07) is 8.08. The van der Waals surface area contributed by atoms with Crippen LogP contribution in [0.25, 0.3) is 0 Å². The quantitative estimate of drug-likeness (QED) is 0.377. The first-order valence-electron chi connectivity index (χ1n) is 9.30. The van der Waals surface area contributed by atoms with Gasteiger partial charge in [0, 0.05) is 31.2 Å². The van der Waals surface area contributed by atoms with Crippen LogP contribution in [0.1, 0.15) is 35.7 Å². The van der Waals surface area contributed by atoms with E-state index in [1.54, 1.807) is 0 Å². The molecule has 0 unspecified atom stereocenters. The van der Waals surface area contributed by atoms with Gasteiger partial charge in [-0.25, -0.2) is 4.99 Å². The highest BCUT2D eigenvalue weighted by Crippen LogP contribution is 2.10. The summed E-state index contributed by atoms with van der Waals surface area (Å²) in [6.07, 6.45) is 6.46. The zero-order chi connectivity index (χ0) is 18.8. The molecule has 0 radical (unpaired) electrons. The number of likely N-dealkylation sites (N-methyl/N-ethyl adjacent to an activating group) is 1. The lowest BCUT2D eigenvalue weighted by Crippen LogP contribution is -2.42. The van der Waals surface area contributed by atoms with Gasteiger partial charge in [0.25, 0.3) is 5.91 Å². The number of amides is 1. The second-order valence-corrected chi connectivity index (χ2v) is 6.74. The van der Waals surface area contributed by atoms with Crippen molar-refractivity contribution in [3.05, 3.63) is 47.5 Å². The fourth-order valence-electron chi connectivity index (χ4n) is 2.72. The number of guanidine groups is 1. The van der Waals surface area contributed by atoms with Crippen LogP contribution in [0.15, 0.2) is 41.4 Å². The van der Waals surface area contributed by atoms with Crippen molar-refractivity contribution in [2.24, 2.45) is 4.99 Å². The number of aliphatic imine (C=N–C) groups is 1. The highest BCUT2D eigenvalue weighted by molar-refractivity contribution is 5.94. The van der Waals surface area contributed by atoms with Gasteiger partial charge in [0.15, 0.2) is 5.96 Å². The predicted octanol–water partition coefficient (Wildman–Crippen LogP) is 1.75. The van der Waals surface area contributed by atoms with Crippen LogP contribution in [0.4, 0.5) is 0 Å². The molecule has 26 heavy (non-hydrogen) atoms. The zero-order valence-electron chi connectivity index (χ0n) is 16.1. The third kappa shape index (κ3) is 6.88. The lowest BCUT2D eigenvalue weighted by molar-refractivity contribution is 0.0951. The Kier molecular flexibility index (Phi) is 8.15. The minimum absolute atomic E-state index is 0.0419. The van der Waals surface area contributed by atoms with Crippen LogP contribution < -0.4 is 16.0 Å². The number of carbonyl (C=O) groups is 1. The molecule has 1 aliphatic rings. The van der Waals surface area contributed by atoms with E-state index in [0.29, 0.717) is 24.7 Å². The number of hydrogen-bond donors (Lipinski definition) is 3. The molecule has 0 fully saturated rings. The molecule has 0 aliphatic heterocycles. The molecule has 6 heteroatoms. The van der Waals surface area contributed by atoms with Gasteiger partial charge in [0.1, 0.15) is 0 Å². The minimum atomic E-state index is -0.0419. The normalized spacial score (nSPS) is 14.7. The average Bonchev–Trinajstić information content (AvgIpc) is 3.13. The van der Waals surface area contributed by atoms with Gasteiger partial charge >= 0.3 is 0 Å². The highest BCUT2D eigenvalue weighted by Gasteiger charge is 2.11. The van der Waals surface area contributed by atoms with Crippen molar-refractivity contribution < 1.29 is 4.79 Å². The molecule has 0 saturated carbocycles. The fraction of sp³-hybridized carbons (Fsp3) is 0.500. The molecule has 0 aromatic heterocycles. The summed E-state index contributed by atoms with van der Waals surface area (Å²) in [5.41, 5.74) is 1.70. The standard InChI is InChI=1S/C20H31N5O/c1-4-21-20(24-18-10-5-6-11-18)23-15-16-8-7-9-17(14-16)19(26)22-12-13-25(2)3/h5-9,14,18H,4,10-13,15H2,1-3H3,(H,22,26)(H2,21,23,24). The summed E-state index contributed by atoms with van der Waals surface area (Å²) in [7, 11) is 3.98. The van der Waals surface area contributed by atoms with Crippen molar-refractivity contribution in [1.29, 1.82) is 0 Å². The lowest BCUT2D eigenvalue weighted by Gasteiger charge is -2.16. The van der Waals surface area contributed by atoms with Gasteiger partial charge in [-0.3, -0.25) is 4.79 Å². The van der Waals surface area contributed by atoms with E-state index in [1.165, 1.54) is 0 Å². The van der Waals surface area contributed by atoms with Crippen molar-refractivity contribution in [3.8, 4) is 0 Å². The summed E-state index contributed by atoms with van der Waals surface area (Å²) in [5, 5.41) is 9.68. The maximum absolute atomic E-state index is 12.3. The summed E-state index contributed by atoms with van der Waals surface area (Å²) in [5.74, 6) is 0.779. The number of carbonyl (C=O) groups excluding carboxylic acids is 1. The molecule has 1 aromatic rings. The van der Waals surface area contributed by atoms with Crippen molar-refractivity contribution in [1.82, 2.24) is 20.9 Å². The molecular weight excluding hydrogens is 326 g/mol. The summed E-state index contributed by atoms with van der Waals surface area (Å²) >= 11 is 0. The van der Waals surface area contributed by atoms with Crippen LogP contribution >= 0.6 is 0 Å². The first-order valence-corrected chi connectivity index (χ1v) is 9.30. The van der Waals surface area contributed by atoms with E-state index in [-0.39, 0.29) is 5.91 Å². The van der Waals surface area contributed by atoms with Gasteiger partial charge in [0.05, 0.1) is 6.54 Å². The van der Waals surface area contributed by atoms with E-state index in [4.69, 9.17) is 0 Å². The summed E-state index contributed by atoms with van der Waals surface area (Å²) < 4.78 is 0. The second-order valence-electron chi connectivity index (χ2n) is 6.74. The number of nitrogens with one attached hydrogen (secondary N) is 3. The molecule has 1 aromatic carbocycles. The Morgan fingerprint density at radius 2 is 2.00 bits per heavy atom. The van der Waals surface area contributed by atoms with Gasteiger partial charge in [-0.05, 0) is 51.6 Å². The van der Waals surface area contributed by atoms with E-state index in [1.807, 2.05) is 43.3 Å². The Morgan fingerprint density at radius 3 is 2.69 bits per heavy atom. The SMILES string of the molecule is CCNC(=NCc1cccc(C(=O)NCCN(C)C)c1)NC1CC=CC1. The maximum Gasteiger partial charge on any atom is 0.251 e. The Morgan fingerprint density at radius 1 is 1.23 bits per heavy atom. The molecular formula is C20H31N5O. The fourth-order valence-corrected chi connectivity index (χ4v) is 2.72. The van der Waals surface area contributed by atoms with Gasteiger partial charge in [0.2, 0.25) is 0 Å². The van der Waals surface area contributed by atoms with E-state index in [0.717, 1.165) is 37.5 Å². The molecule has 0 atom stereocenters. The highest BCUT2D eigenvalue weighted by atomic mass is 16.1. The van der Waals surface area contributed by atoms with Crippen molar-refractivity contribution in [2.75, 3.05) is 33.7 Å². The largest absolute Gasteiger partial charge is 0.357 e. The Balaban J connectivity index is 1.93. The van der Waals surface area contributed by atoms with Gasteiger partial charge in [-0.15, -0.1) is 0 Å². The van der Waals surface area contributed by atoms with Crippen LogP contribution in [-0.4, -0.2) is 56.5 Å². The zero-order valence-corrected chi connectivity index (χ0v) is 16.1. The monoisotopic (exact) mass is 357 g/mol. The molecule has 0 saturated heterocycles. The molecule has 0 bridgehead atoms. The first kappa shape index (κ1) is 20.0. The number of nitrogens with zero attached hydrogens (tertiary/aromatic N) is 2. The molecule has 142 valence electrons. The van der Waals surface area contributed by atoms with Crippen LogP contribution in [0.5, 0.6) is 0 Å². The van der Waals surface area contributed by atoms with Gasteiger partial charge in [-0.2, -0.15) is 0 Å². The molecule has 1 aliphatic carbocycles. The Bertz CT molecular complexity index is 631. The Hall–Kier alpha value is -2.34. The van der Waals surface area contributed by atoms with Crippen LogP contribution in [0, 0.1) is 0 Å². The van der Waals surface area contributed by atoms with Crippen molar-refractivity contribution in [2.45, 2.75) is 32.4 Å². The van der Waals surface area contributed by atoms with Crippen LogP contribution in [0.2, 0.25) is 0 Å². The summed E-state index contributed by atoms with van der Waals surface area (Å²) in [4.78, 5) is 19.0. The maximum atomic E-state index is 12.3. The smallest absolute Gasteiger partial charge is 0.251 e. The molecule has 6 nitrogen and oxygen atoms in total. The number of rotatable bonds is 8. The van der Waals surface area contributed by atoms with E-state index < -0.39 is 0 Å². The lowest BCUT2D eigenvalue weighted by atomic mass is 10.1. The van der Waals surface area contributed by atoms with E-state index in [9.17, 15) is 4.79 Å². The number of benzene rings is 1. The van der Waals surface area contributed by atoms with Crippen molar-refractivity contribution in [3.63, 3.8) is 0 Å². The predicted molar refractivity (Wildman–Crippen MR) is 107 cm³/mol. The van der Waals surface area contributed by atoms with Gasteiger partial charge in [-0.1, -0.05) is 24.3 Å². The second kappa shape index (κ2) is 10.6. The van der Waals surface area contributed by atoms with E-state index in [2.05, 4.69) is 40.0 Å².